The van der Waals surface area contributed by atoms with Crippen LogP contribution in [-0.2, 0) is 9.59 Å². The van der Waals surface area contributed by atoms with Gasteiger partial charge in [-0.1, -0.05) is 0 Å². The number of amides is 1. The number of methoxy groups -OCH3 is 1. The van der Waals surface area contributed by atoms with Gasteiger partial charge in [0.1, 0.15) is 5.75 Å². The fraction of sp³-hybridized carbons (Fsp3) is 0.294. The van der Waals surface area contributed by atoms with E-state index in [1.165, 1.54) is 32.0 Å². The lowest BCUT2D eigenvalue weighted by molar-refractivity contribution is -0.138. The lowest BCUT2D eigenvalue weighted by Gasteiger charge is -2.19. The highest BCUT2D eigenvalue weighted by molar-refractivity contribution is 6.02. The molecule has 1 atom stereocenters. The first kappa shape index (κ1) is 17.4. The number of hydrogen-bond donors (Lipinski definition) is 0. The van der Waals surface area contributed by atoms with Crippen LogP contribution >= 0.6 is 0 Å². The van der Waals surface area contributed by atoms with Crippen LogP contribution in [0, 0.1) is 0 Å². The average molecular weight is 329 g/mol. The van der Waals surface area contributed by atoms with Crippen molar-refractivity contribution in [3.05, 3.63) is 46.8 Å². The molecule has 1 heterocycles. The topological polar surface area (TPSA) is 81.5 Å². The summed E-state index contributed by atoms with van der Waals surface area (Å²) >= 11 is 0. The van der Waals surface area contributed by atoms with Crippen LogP contribution in [0.15, 0.2) is 41.2 Å². The van der Waals surface area contributed by atoms with Crippen molar-refractivity contribution < 1.29 is 14.3 Å². The van der Waals surface area contributed by atoms with Crippen LogP contribution < -0.4 is 10.3 Å². The first-order valence-electron chi connectivity index (χ1n) is 7.31. The molecule has 7 heteroatoms. The highest BCUT2D eigenvalue weighted by atomic mass is 16.5. The summed E-state index contributed by atoms with van der Waals surface area (Å²) in [6, 6.07) is 8.67. The second-order valence-electron chi connectivity index (χ2n) is 5.48. The normalized spacial score (nSPS) is 11.7. The Morgan fingerprint density at radius 1 is 1.12 bits per heavy atom. The second-order valence-corrected chi connectivity index (χ2v) is 5.48. The molecule has 0 bridgehead atoms. The summed E-state index contributed by atoms with van der Waals surface area (Å²) in [5.41, 5.74) is 0.710. The van der Waals surface area contributed by atoms with E-state index in [1.807, 2.05) is 0 Å². The molecule has 24 heavy (non-hydrogen) atoms. The fourth-order valence-corrected chi connectivity index (χ4v) is 2.22. The van der Waals surface area contributed by atoms with Gasteiger partial charge in [0.15, 0.2) is 11.8 Å². The molecular weight excluding hydrogens is 310 g/mol. The maximum absolute atomic E-state index is 12.3. The maximum atomic E-state index is 12.3. The molecule has 2 aromatic rings. The van der Waals surface area contributed by atoms with Crippen LogP contribution in [0.3, 0.4) is 0 Å². The molecule has 126 valence electrons. The van der Waals surface area contributed by atoms with E-state index in [9.17, 15) is 14.4 Å². The van der Waals surface area contributed by atoms with Crippen molar-refractivity contribution in [1.82, 2.24) is 14.7 Å². The Balaban J connectivity index is 2.52. The summed E-state index contributed by atoms with van der Waals surface area (Å²) in [7, 11) is 4.62. The zero-order valence-corrected chi connectivity index (χ0v) is 14.0. The van der Waals surface area contributed by atoms with Crippen molar-refractivity contribution in [3.63, 3.8) is 0 Å². The molecule has 0 aliphatic rings. The molecule has 0 saturated heterocycles. The van der Waals surface area contributed by atoms with Crippen molar-refractivity contribution in [2.75, 3.05) is 21.2 Å². The van der Waals surface area contributed by atoms with E-state index in [1.54, 1.807) is 37.4 Å². The molecule has 1 aromatic heterocycles. The van der Waals surface area contributed by atoms with Crippen molar-refractivity contribution in [1.29, 1.82) is 0 Å². The van der Waals surface area contributed by atoms with E-state index < -0.39 is 23.3 Å². The minimum Gasteiger partial charge on any atom is -0.497 e. The van der Waals surface area contributed by atoms with Crippen molar-refractivity contribution in [2.45, 2.75) is 13.0 Å². The van der Waals surface area contributed by atoms with Crippen LogP contribution in [0.1, 0.15) is 13.0 Å². The van der Waals surface area contributed by atoms with Crippen LogP contribution in [0.2, 0.25) is 0 Å². The number of hydrogen-bond acceptors (Lipinski definition) is 5. The Morgan fingerprint density at radius 3 is 2.25 bits per heavy atom. The molecule has 0 aliphatic heterocycles. The molecule has 0 saturated carbocycles. The average Bonchev–Trinajstić information content (AvgIpc) is 2.56. The molecule has 0 spiro atoms. The molecule has 7 nitrogen and oxygen atoms in total. The molecule has 1 aromatic carbocycles. The van der Waals surface area contributed by atoms with Gasteiger partial charge in [0, 0.05) is 25.7 Å². The van der Waals surface area contributed by atoms with Crippen LogP contribution in [0.4, 0.5) is 0 Å². The van der Waals surface area contributed by atoms with Gasteiger partial charge in [-0.25, -0.2) is 4.68 Å². The van der Waals surface area contributed by atoms with Gasteiger partial charge in [0.25, 0.3) is 11.5 Å². The third-order valence-electron chi connectivity index (χ3n) is 3.52. The first-order valence-corrected chi connectivity index (χ1v) is 7.31. The molecule has 0 fully saturated rings. The van der Waals surface area contributed by atoms with E-state index in [4.69, 9.17) is 4.74 Å². The van der Waals surface area contributed by atoms with Crippen molar-refractivity contribution in [3.8, 4) is 17.0 Å². The number of nitrogens with zero attached hydrogens (tertiary/aromatic N) is 3. The largest absolute Gasteiger partial charge is 0.497 e. The zero-order valence-electron chi connectivity index (χ0n) is 14.0. The predicted molar refractivity (Wildman–Crippen MR) is 88.9 cm³/mol. The Labute approximate surface area is 139 Å². The van der Waals surface area contributed by atoms with Gasteiger partial charge in [0.2, 0.25) is 0 Å². The summed E-state index contributed by atoms with van der Waals surface area (Å²) in [6.07, 6.45) is 0. The van der Waals surface area contributed by atoms with E-state index >= 15 is 0 Å². The number of ether oxygens (including phenoxy) is 1. The molecule has 2 rings (SSSR count). The van der Waals surface area contributed by atoms with Gasteiger partial charge in [-0.3, -0.25) is 14.4 Å². The van der Waals surface area contributed by atoms with Crippen molar-refractivity contribution >= 4 is 11.7 Å². The summed E-state index contributed by atoms with van der Waals surface area (Å²) in [6.45, 7) is 1.26. The quantitative estimate of drug-likeness (QED) is 0.768. The van der Waals surface area contributed by atoms with Gasteiger partial charge < -0.3 is 9.64 Å². The third kappa shape index (κ3) is 3.51. The molecular formula is C17H19N3O4. The standard InChI is InChI=1S/C17H19N3O4/c1-11(21)16(17(23)19(2)3)20-15(22)10-9-14(18-20)12-5-7-13(24-4)8-6-12/h5-10,16H,1-4H3/t16-/m0/s1. The SMILES string of the molecule is COc1ccc(-c2ccc(=O)n([C@@H](C(C)=O)C(=O)N(C)C)n2)cc1. The van der Waals surface area contributed by atoms with Crippen LogP contribution in [0.5, 0.6) is 5.75 Å². The van der Waals surface area contributed by atoms with E-state index in [0.717, 1.165) is 10.2 Å². The van der Waals surface area contributed by atoms with E-state index in [-0.39, 0.29) is 0 Å². The summed E-state index contributed by atoms with van der Waals surface area (Å²) in [5.74, 6) is -0.254. The molecule has 0 aliphatic carbocycles. The number of likely N-dealkylation sites (N-methyl/N-ethyl adjacent to an activating group) is 1. The molecule has 1 amide bonds. The summed E-state index contributed by atoms with van der Waals surface area (Å²) < 4.78 is 6.04. The fourth-order valence-electron chi connectivity index (χ4n) is 2.22. The van der Waals surface area contributed by atoms with Gasteiger partial charge in [-0.05, 0) is 37.3 Å². The third-order valence-corrected chi connectivity index (χ3v) is 3.52. The number of Topliss-reactive ketones (excluding diaryl/α,β-unsaturated/α-hetero) is 1. The second kappa shape index (κ2) is 7.08. The Kier molecular flexibility index (Phi) is 5.13. The molecule has 0 N–H and O–H groups in total. The van der Waals surface area contributed by atoms with E-state index in [0.29, 0.717) is 11.4 Å². The number of carbonyl (C=O) groups excluding carboxylic acids is 2. The van der Waals surface area contributed by atoms with Crippen molar-refractivity contribution in [2.24, 2.45) is 0 Å². The van der Waals surface area contributed by atoms with Crippen LogP contribution in [-0.4, -0.2) is 47.6 Å². The molecule has 0 radical (unpaired) electrons. The minimum absolute atomic E-state index is 0.449. The zero-order chi connectivity index (χ0) is 17.9. The summed E-state index contributed by atoms with van der Waals surface area (Å²) in [5, 5.41) is 4.22. The number of carbonyl (C=O) groups is 2. The van der Waals surface area contributed by atoms with Crippen LogP contribution in [0.25, 0.3) is 11.3 Å². The Bertz CT molecular complexity index is 809. The van der Waals surface area contributed by atoms with Gasteiger partial charge in [0.05, 0.1) is 12.8 Å². The number of benzene rings is 1. The number of aromatic nitrogens is 2. The highest BCUT2D eigenvalue weighted by Gasteiger charge is 2.29. The Hall–Kier alpha value is -2.96. The first-order chi connectivity index (χ1) is 11.3. The Morgan fingerprint density at radius 2 is 1.75 bits per heavy atom. The maximum Gasteiger partial charge on any atom is 0.267 e. The smallest absolute Gasteiger partial charge is 0.267 e. The number of rotatable bonds is 5. The monoisotopic (exact) mass is 329 g/mol. The lowest BCUT2D eigenvalue weighted by atomic mass is 10.1. The predicted octanol–water partition coefficient (Wildman–Crippen LogP) is 1.14. The van der Waals surface area contributed by atoms with E-state index in [2.05, 4.69) is 5.10 Å². The van der Waals surface area contributed by atoms with Gasteiger partial charge >= 0.3 is 0 Å². The summed E-state index contributed by atoms with van der Waals surface area (Å²) in [4.78, 5) is 37.6. The van der Waals surface area contributed by atoms with Gasteiger partial charge in [-0.15, -0.1) is 0 Å². The lowest BCUT2D eigenvalue weighted by Crippen LogP contribution is -2.41. The highest BCUT2D eigenvalue weighted by Crippen LogP contribution is 2.20. The minimum atomic E-state index is -1.27. The van der Waals surface area contributed by atoms with Gasteiger partial charge in [-0.2, -0.15) is 5.10 Å². The number of ketones is 1. The molecule has 0 unspecified atom stereocenters.